The first-order valence-corrected chi connectivity index (χ1v) is 3.06. The molecule has 1 N–H and O–H groups in total. The summed E-state index contributed by atoms with van der Waals surface area (Å²) in [5.74, 6) is 0. The maximum atomic E-state index is 9.68. The van der Waals surface area contributed by atoms with Gasteiger partial charge in [0.15, 0.2) is 0 Å². The largest absolute Gasteiger partial charge is 0.377 e. The Hall–Kier alpha value is -0.570. The fourth-order valence-corrected chi connectivity index (χ4v) is 0.412. The van der Waals surface area contributed by atoms with Crippen LogP contribution in [-0.2, 0) is 9.53 Å². The minimum absolute atomic E-state index is 0.249. The monoisotopic (exact) mass is 131 g/mol. The standard InChI is InChI=1S/C6H13NO2/c1-6(2)9-4-3-7-5-8/h5-6H,3-4H2,1-2H3,(H,7,8). The summed E-state index contributed by atoms with van der Waals surface area (Å²) in [7, 11) is 0. The average molecular weight is 131 g/mol. The lowest BCUT2D eigenvalue weighted by atomic mass is 10.5. The van der Waals surface area contributed by atoms with Crippen molar-refractivity contribution in [3.63, 3.8) is 0 Å². The third kappa shape index (κ3) is 7.43. The average Bonchev–Trinajstić information content (AvgIpc) is 1.80. The van der Waals surface area contributed by atoms with E-state index in [1.54, 1.807) is 0 Å². The Bertz CT molecular complexity index is 73.5. The zero-order valence-corrected chi connectivity index (χ0v) is 5.89. The first-order valence-electron chi connectivity index (χ1n) is 3.06. The molecule has 0 aromatic carbocycles. The quantitative estimate of drug-likeness (QED) is 0.426. The molecule has 0 aliphatic carbocycles. The van der Waals surface area contributed by atoms with Crippen LogP contribution in [0, 0.1) is 0 Å². The number of nitrogens with one attached hydrogen (secondary N) is 1. The van der Waals surface area contributed by atoms with Crippen molar-refractivity contribution in [2.75, 3.05) is 13.2 Å². The van der Waals surface area contributed by atoms with Crippen molar-refractivity contribution in [1.82, 2.24) is 5.32 Å². The van der Waals surface area contributed by atoms with Gasteiger partial charge in [-0.1, -0.05) is 0 Å². The summed E-state index contributed by atoms with van der Waals surface area (Å²) >= 11 is 0. The summed E-state index contributed by atoms with van der Waals surface area (Å²) < 4.78 is 5.12. The van der Waals surface area contributed by atoms with Crippen molar-refractivity contribution < 1.29 is 9.53 Å². The van der Waals surface area contributed by atoms with Gasteiger partial charge in [-0.2, -0.15) is 0 Å². The second-order valence-corrected chi connectivity index (χ2v) is 1.99. The number of rotatable bonds is 5. The lowest BCUT2D eigenvalue weighted by Crippen LogP contribution is -2.19. The molecular formula is C6H13NO2. The minimum Gasteiger partial charge on any atom is -0.377 e. The van der Waals surface area contributed by atoms with Gasteiger partial charge in [0.05, 0.1) is 12.7 Å². The third-order valence-corrected chi connectivity index (χ3v) is 0.781. The molecule has 0 unspecified atom stereocenters. The van der Waals surface area contributed by atoms with E-state index in [4.69, 9.17) is 4.74 Å². The molecule has 0 fully saturated rings. The van der Waals surface area contributed by atoms with Crippen molar-refractivity contribution >= 4 is 6.41 Å². The van der Waals surface area contributed by atoms with Crippen molar-refractivity contribution in [3.8, 4) is 0 Å². The van der Waals surface area contributed by atoms with Gasteiger partial charge < -0.3 is 10.1 Å². The first kappa shape index (κ1) is 8.43. The molecule has 0 saturated carbocycles. The van der Waals surface area contributed by atoms with E-state index in [9.17, 15) is 4.79 Å². The van der Waals surface area contributed by atoms with Crippen LogP contribution in [0.25, 0.3) is 0 Å². The van der Waals surface area contributed by atoms with Crippen LogP contribution in [0.2, 0.25) is 0 Å². The van der Waals surface area contributed by atoms with Gasteiger partial charge in [-0.3, -0.25) is 4.79 Å². The highest BCUT2D eigenvalue weighted by Gasteiger charge is 1.89. The highest BCUT2D eigenvalue weighted by molar-refractivity contribution is 5.45. The summed E-state index contributed by atoms with van der Waals surface area (Å²) in [6.07, 6.45) is 0.919. The zero-order chi connectivity index (χ0) is 7.11. The predicted molar refractivity (Wildman–Crippen MR) is 35.2 cm³/mol. The maximum Gasteiger partial charge on any atom is 0.207 e. The van der Waals surface area contributed by atoms with E-state index in [-0.39, 0.29) is 6.10 Å². The van der Waals surface area contributed by atoms with Crippen LogP contribution < -0.4 is 5.32 Å². The highest BCUT2D eigenvalue weighted by Crippen LogP contribution is 1.83. The molecule has 0 bridgehead atoms. The summed E-state index contributed by atoms with van der Waals surface area (Å²) in [6.45, 7) is 5.11. The van der Waals surface area contributed by atoms with Crippen molar-refractivity contribution in [2.45, 2.75) is 20.0 Å². The van der Waals surface area contributed by atoms with Crippen molar-refractivity contribution in [2.24, 2.45) is 0 Å². The zero-order valence-electron chi connectivity index (χ0n) is 5.89. The van der Waals surface area contributed by atoms with Gasteiger partial charge >= 0.3 is 0 Å². The van der Waals surface area contributed by atoms with Crippen molar-refractivity contribution in [3.05, 3.63) is 0 Å². The fourth-order valence-electron chi connectivity index (χ4n) is 0.412. The smallest absolute Gasteiger partial charge is 0.207 e. The Morgan fingerprint density at radius 1 is 1.67 bits per heavy atom. The number of amides is 1. The van der Waals surface area contributed by atoms with Crippen LogP contribution in [0.3, 0.4) is 0 Å². The molecule has 0 rings (SSSR count). The second kappa shape index (κ2) is 5.56. The van der Waals surface area contributed by atoms with Gasteiger partial charge in [-0.05, 0) is 13.8 Å². The normalized spacial score (nSPS) is 9.67. The molecule has 1 amide bonds. The van der Waals surface area contributed by atoms with Gasteiger partial charge in [-0.25, -0.2) is 0 Å². The fraction of sp³-hybridized carbons (Fsp3) is 0.833. The van der Waals surface area contributed by atoms with Gasteiger partial charge in [0, 0.05) is 6.54 Å². The van der Waals surface area contributed by atoms with E-state index in [2.05, 4.69) is 5.32 Å². The van der Waals surface area contributed by atoms with E-state index < -0.39 is 0 Å². The molecule has 0 atom stereocenters. The van der Waals surface area contributed by atoms with Gasteiger partial charge in [0.2, 0.25) is 6.41 Å². The van der Waals surface area contributed by atoms with Crippen LogP contribution in [0.15, 0.2) is 0 Å². The Labute approximate surface area is 55.4 Å². The molecule has 0 heterocycles. The maximum absolute atomic E-state index is 9.68. The molecule has 0 aliphatic rings. The van der Waals surface area contributed by atoms with Gasteiger partial charge in [0.1, 0.15) is 0 Å². The molecule has 3 nitrogen and oxygen atoms in total. The van der Waals surface area contributed by atoms with E-state index in [1.807, 2.05) is 13.8 Å². The number of hydrogen-bond donors (Lipinski definition) is 1. The predicted octanol–water partition coefficient (Wildman–Crippen LogP) is 0.157. The molecule has 54 valence electrons. The van der Waals surface area contributed by atoms with Crippen LogP contribution in [0.1, 0.15) is 13.8 Å². The number of carbonyl (C=O) groups excluding carboxylic acids is 1. The Morgan fingerprint density at radius 3 is 2.78 bits per heavy atom. The first-order chi connectivity index (χ1) is 4.27. The second-order valence-electron chi connectivity index (χ2n) is 1.99. The third-order valence-electron chi connectivity index (χ3n) is 0.781. The SMILES string of the molecule is CC(C)OCCNC=O. The van der Waals surface area contributed by atoms with Crippen LogP contribution in [-0.4, -0.2) is 25.7 Å². The van der Waals surface area contributed by atoms with E-state index in [1.165, 1.54) is 0 Å². The van der Waals surface area contributed by atoms with Gasteiger partial charge in [0.25, 0.3) is 0 Å². The minimum atomic E-state index is 0.249. The highest BCUT2D eigenvalue weighted by atomic mass is 16.5. The Balaban J connectivity index is 2.82. The van der Waals surface area contributed by atoms with Crippen LogP contribution in [0.4, 0.5) is 0 Å². The molecule has 0 radical (unpaired) electrons. The molecule has 3 heteroatoms. The van der Waals surface area contributed by atoms with E-state index in [0.29, 0.717) is 19.6 Å². The molecular weight excluding hydrogens is 118 g/mol. The molecule has 9 heavy (non-hydrogen) atoms. The topological polar surface area (TPSA) is 38.3 Å². The summed E-state index contributed by atoms with van der Waals surface area (Å²) in [6, 6.07) is 0. The molecule has 0 aromatic rings. The molecule has 0 aromatic heterocycles. The Kier molecular flexibility index (Phi) is 5.21. The van der Waals surface area contributed by atoms with Crippen LogP contribution in [0.5, 0.6) is 0 Å². The molecule has 0 saturated heterocycles. The summed E-state index contributed by atoms with van der Waals surface area (Å²) in [5, 5.41) is 2.50. The molecule has 0 aliphatic heterocycles. The summed E-state index contributed by atoms with van der Waals surface area (Å²) in [4.78, 5) is 9.68. The number of hydrogen-bond acceptors (Lipinski definition) is 2. The van der Waals surface area contributed by atoms with E-state index >= 15 is 0 Å². The van der Waals surface area contributed by atoms with Crippen LogP contribution >= 0.6 is 0 Å². The molecule has 0 spiro atoms. The van der Waals surface area contributed by atoms with Crippen molar-refractivity contribution in [1.29, 1.82) is 0 Å². The lowest BCUT2D eigenvalue weighted by Gasteiger charge is -2.05. The van der Waals surface area contributed by atoms with Gasteiger partial charge in [-0.15, -0.1) is 0 Å². The van der Waals surface area contributed by atoms with E-state index in [0.717, 1.165) is 0 Å². The lowest BCUT2D eigenvalue weighted by molar-refractivity contribution is -0.109. The number of ether oxygens (including phenoxy) is 1. The summed E-state index contributed by atoms with van der Waals surface area (Å²) in [5.41, 5.74) is 0. The Morgan fingerprint density at radius 2 is 2.33 bits per heavy atom. The number of carbonyl (C=O) groups is 1.